The van der Waals surface area contributed by atoms with Crippen molar-refractivity contribution >= 4 is 20.3 Å². The summed E-state index contributed by atoms with van der Waals surface area (Å²) in [6, 6.07) is 23.5. The standard InChI is InChI=1S/C38H53N3O4Si/c1-27(32-18-14-15-25-39-32)40(8)35(42)30-21-19-28(20-22-30)26-31-23-24-33(41(31)36(43)44-37(2,3)4)34(29-16-12-11-13-17-29)45-46(9,10)38(5,6)7/h11-22,25,27,31,33-34H,23-24,26H2,1-10H3/t27?,31-,33+,34+/m0/s1. The summed E-state index contributed by atoms with van der Waals surface area (Å²) in [5.41, 5.74) is 2.99. The first-order valence-electron chi connectivity index (χ1n) is 16.5. The van der Waals surface area contributed by atoms with Crippen LogP contribution in [0.15, 0.2) is 79.0 Å². The van der Waals surface area contributed by atoms with Crippen LogP contribution in [0.4, 0.5) is 4.79 Å². The van der Waals surface area contributed by atoms with Crippen LogP contribution < -0.4 is 0 Å². The van der Waals surface area contributed by atoms with Crippen molar-refractivity contribution in [2.45, 2.75) is 116 Å². The maximum absolute atomic E-state index is 14.0. The third-order valence-electron chi connectivity index (χ3n) is 9.55. The molecule has 2 amide bonds. The number of aromatic nitrogens is 1. The van der Waals surface area contributed by atoms with Gasteiger partial charge >= 0.3 is 6.09 Å². The summed E-state index contributed by atoms with van der Waals surface area (Å²) >= 11 is 0. The van der Waals surface area contributed by atoms with Crippen molar-refractivity contribution in [2.75, 3.05) is 7.05 Å². The monoisotopic (exact) mass is 643 g/mol. The lowest BCUT2D eigenvalue weighted by atomic mass is 10.0. The molecule has 0 aliphatic carbocycles. The zero-order valence-corrected chi connectivity index (χ0v) is 30.4. The van der Waals surface area contributed by atoms with Crippen LogP contribution in [-0.2, 0) is 15.6 Å². The molecule has 7 nitrogen and oxygen atoms in total. The fourth-order valence-corrected chi connectivity index (χ4v) is 7.05. The smallest absolute Gasteiger partial charge is 0.410 e. The average molecular weight is 644 g/mol. The van der Waals surface area contributed by atoms with Crippen molar-refractivity contribution in [3.05, 3.63) is 101 Å². The lowest BCUT2D eigenvalue weighted by Gasteiger charge is -2.43. The molecular weight excluding hydrogens is 591 g/mol. The number of ether oxygens (including phenoxy) is 1. The zero-order valence-electron chi connectivity index (χ0n) is 29.4. The van der Waals surface area contributed by atoms with Gasteiger partial charge in [-0.3, -0.25) is 14.7 Å². The number of likely N-dealkylation sites (tertiary alicyclic amines) is 1. The van der Waals surface area contributed by atoms with Crippen LogP contribution in [0.5, 0.6) is 0 Å². The van der Waals surface area contributed by atoms with Crippen molar-refractivity contribution in [3.8, 4) is 0 Å². The summed E-state index contributed by atoms with van der Waals surface area (Å²) in [4.78, 5) is 35.4. The van der Waals surface area contributed by atoms with Gasteiger partial charge in [-0.15, -0.1) is 0 Å². The lowest BCUT2D eigenvalue weighted by Crippen LogP contribution is -2.50. The van der Waals surface area contributed by atoms with Crippen LogP contribution >= 0.6 is 0 Å². The van der Waals surface area contributed by atoms with Crippen molar-refractivity contribution in [3.63, 3.8) is 0 Å². The van der Waals surface area contributed by atoms with Gasteiger partial charge in [0.2, 0.25) is 0 Å². The highest BCUT2D eigenvalue weighted by Gasteiger charge is 2.47. The number of amides is 2. The predicted octanol–water partition coefficient (Wildman–Crippen LogP) is 8.99. The van der Waals surface area contributed by atoms with E-state index in [1.165, 1.54) is 0 Å². The van der Waals surface area contributed by atoms with Crippen LogP contribution in [0, 0.1) is 0 Å². The van der Waals surface area contributed by atoms with E-state index >= 15 is 0 Å². The topological polar surface area (TPSA) is 72.0 Å². The number of rotatable bonds is 9. The molecule has 248 valence electrons. The normalized spacial score (nSPS) is 18.6. The average Bonchev–Trinajstić information content (AvgIpc) is 3.42. The van der Waals surface area contributed by atoms with E-state index in [-0.39, 0.29) is 41.3 Å². The maximum Gasteiger partial charge on any atom is 0.410 e. The minimum Gasteiger partial charge on any atom is -0.444 e. The van der Waals surface area contributed by atoms with Crippen LogP contribution in [0.2, 0.25) is 18.1 Å². The van der Waals surface area contributed by atoms with Crippen molar-refractivity contribution in [1.29, 1.82) is 0 Å². The number of pyridine rings is 1. The number of carbonyl (C=O) groups is 2. The third-order valence-corrected chi connectivity index (χ3v) is 14.0. The Morgan fingerprint density at radius 1 is 0.935 bits per heavy atom. The molecule has 1 saturated heterocycles. The van der Waals surface area contributed by atoms with E-state index in [0.29, 0.717) is 12.0 Å². The van der Waals surface area contributed by atoms with Gasteiger partial charge in [0, 0.05) is 24.8 Å². The number of nitrogens with zero attached hydrogens (tertiary/aromatic N) is 3. The van der Waals surface area contributed by atoms with Crippen molar-refractivity contribution < 1.29 is 18.8 Å². The Balaban J connectivity index is 1.59. The van der Waals surface area contributed by atoms with Gasteiger partial charge in [-0.05, 0) is 100 Å². The largest absolute Gasteiger partial charge is 0.444 e. The number of hydrogen-bond acceptors (Lipinski definition) is 5. The first kappa shape index (κ1) is 35.4. The summed E-state index contributed by atoms with van der Waals surface area (Å²) in [5.74, 6) is -0.0607. The van der Waals surface area contributed by atoms with E-state index in [9.17, 15) is 9.59 Å². The van der Waals surface area contributed by atoms with E-state index in [1.54, 1.807) is 11.1 Å². The Hall–Kier alpha value is -3.49. The molecule has 1 unspecified atom stereocenters. The molecule has 0 radical (unpaired) electrons. The van der Waals surface area contributed by atoms with E-state index in [1.807, 2.05) is 100 Å². The fourth-order valence-electron chi connectivity index (χ4n) is 5.77. The molecule has 4 atom stereocenters. The predicted molar refractivity (Wildman–Crippen MR) is 187 cm³/mol. The SMILES string of the molecule is CC(c1ccccn1)N(C)C(=O)c1ccc(C[C@@H]2CC[C@H]([C@H](O[Si](C)(C)C(C)(C)C)c3ccccc3)N2C(=O)OC(C)(C)C)cc1. The minimum atomic E-state index is -2.20. The molecule has 2 aromatic carbocycles. The van der Waals surface area contributed by atoms with E-state index in [0.717, 1.165) is 29.7 Å². The van der Waals surface area contributed by atoms with Crippen LogP contribution in [0.3, 0.4) is 0 Å². The van der Waals surface area contributed by atoms with Gasteiger partial charge in [0.1, 0.15) is 5.60 Å². The van der Waals surface area contributed by atoms with E-state index < -0.39 is 13.9 Å². The zero-order chi connectivity index (χ0) is 33.9. The Morgan fingerprint density at radius 3 is 2.13 bits per heavy atom. The molecule has 4 rings (SSSR count). The van der Waals surface area contributed by atoms with Crippen LogP contribution in [-0.4, -0.2) is 59.8 Å². The van der Waals surface area contributed by atoms with Gasteiger partial charge in [-0.25, -0.2) is 4.79 Å². The van der Waals surface area contributed by atoms with Crippen molar-refractivity contribution in [2.24, 2.45) is 0 Å². The summed E-state index contributed by atoms with van der Waals surface area (Å²) in [6.45, 7) is 19.0. The lowest BCUT2D eigenvalue weighted by molar-refractivity contribution is -0.00239. The first-order chi connectivity index (χ1) is 21.5. The van der Waals surface area contributed by atoms with E-state index in [2.05, 4.69) is 51.0 Å². The number of hydrogen-bond donors (Lipinski definition) is 0. The van der Waals surface area contributed by atoms with Crippen LogP contribution in [0.1, 0.15) is 101 Å². The van der Waals surface area contributed by atoms with Gasteiger partial charge < -0.3 is 14.1 Å². The molecule has 1 fully saturated rings. The van der Waals surface area contributed by atoms with Crippen molar-refractivity contribution in [1.82, 2.24) is 14.8 Å². The van der Waals surface area contributed by atoms with Crippen LogP contribution in [0.25, 0.3) is 0 Å². The van der Waals surface area contributed by atoms with Gasteiger partial charge in [0.05, 0.1) is 23.9 Å². The Bertz CT molecular complexity index is 1450. The second-order valence-corrected chi connectivity index (χ2v) is 19.9. The third kappa shape index (κ3) is 8.45. The minimum absolute atomic E-state index is 0.0113. The second-order valence-electron chi connectivity index (χ2n) is 15.1. The molecular formula is C38H53N3O4Si. The Morgan fingerprint density at radius 2 is 1.57 bits per heavy atom. The van der Waals surface area contributed by atoms with Gasteiger partial charge in [-0.2, -0.15) is 0 Å². The molecule has 3 aromatic rings. The highest BCUT2D eigenvalue weighted by Crippen LogP contribution is 2.44. The molecule has 0 spiro atoms. The molecule has 1 aliphatic heterocycles. The molecule has 0 saturated carbocycles. The number of carbonyl (C=O) groups excluding carboxylic acids is 2. The Labute approximate surface area is 277 Å². The highest BCUT2D eigenvalue weighted by molar-refractivity contribution is 6.74. The van der Waals surface area contributed by atoms with Gasteiger partial charge in [0.25, 0.3) is 5.91 Å². The number of benzene rings is 2. The first-order valence-corrected chi connectivity index (χ1v) is 19.4. The molecule has 8 heteroatoms. The molecule has 46 heavy (non-hydrogen) atoms. The molecule has 1 aliphatic rings. The van der Waals surface area contributed by atoms with E-state index in [4.69, 9.17) is 9.16 Å². The van der Waals surface area contributed by atoms with Gasteiger partial charge in [-0.1, -0.05) is 69.3 Å². The molecule has 1 aromatic heterocycles. The summed E-state index contributed by atoms with van der Waals surface area (Å²) in [5, 5.41) is 0.0113. The maximum atomic E-state index is 14.0. The molecule has 0 N–H and O–H groups in total. The fraction of sp³-hybridized carbons (Fsp3) is 0.500. The quantitative estimate of drug-likeness (QED) is 0.218. The molecule has 2 heterocycles. The summed E-state index contributed by atoms with van der Waals surface area (Å²) in [6.07, 6.45) is 3.47. The Kier molecular flexibility index (Phi) is 10.8. The molecule has 0 bridgehead atoms. The summed E-state index contributed by atoms with van der Waals surface area (Å²) in [7, 11) is -0.393. The summed E-state index contributed by atoms with van der Waals surface area (Å²) < 4.78 is 13.2. The second kappa shape index (κ2) is 14.1. The highest BCUT2D eigenvalue weighted by atomic mass is 28.4. The van der Waals surface area contributed by atoms with Gasteiger partial charge in [0.15, 0.2) is 8.32 Å².